The Labute approximate surface area is 229 Å². The molecule has 212 valence electrons. The molecule has 3 aromatic rings. The maximum absolute atomic E-state index is 13.3. The van der Waals surface area contributed by atoms with E-state index in [9.17, 15) is 22.4 Å². The van der Waals surface area contributed by atoms with Gasteiger partial charge in [0.05, 0.1) is 36.4 Å². The highest BCUT2D eigenvalue weighted by molar-refractivity contribution is 5.91. The molecule has 8 nitrogen and oxygen atoms in total. The molecule has 2 fully saturated rings. The summed E-state index contributed by atoms with van der Waals surface area (Å²) in [7, 11) is 0. The van der Waals surface area contributed by atoms with Crippen LogP contribution in [0.2, 0.25) is 0 Å². The second kappa shape index (κ2) is 11.8. The number of amides is 1. The van der Waals surface area contributed by atoms with Gasteiger partial charge in [0.2, 0.25) is 5.91 Å². The average molecular weight is 559 g/mol. The van der Waals surface area contributed by atoms with Crippen molar-refractivity contribution >= 4 is 28.3 Å². The van der Waals surface area contributed by atoms with Gasteiger partial charge in [-0.15, -0.1) is 6.58 Å². The third-order valence-electron chi connectivity index (χ3n) is 7.32. The lowest BCUT2D eigenvalue weighted by atomic mass is 10.1. The minimum absolute atomic E-state index is 0.144. The van der Waals surface area contributed by atoms with Crippen LogP contribution in [-0.2, 0) is 15.7 Å². The summed E-state index contributed by atoms with van der Waals surface area (Å²) in [6.07, 6.45) is -0.946. The van der Waals surface area contributed by atoms with Crippen LogP contribution in [0.5, 0.6) is 0 Å². The fraction of sp³-hybridized carbons (Fsp3) is 0.393. The molecule has 2 aromatic carbocycles. The van der Waals surface area contributed by atoms with Crippen LogP contribution in [0.4, 0.5) is 29.1 Å². The number of rotatable bonds is 9. The van der Waals surface area contributed by atoms with Crippen LogP contribution < -0.4 is 15.5 Å². The first-order valence-corrected chi connectivity index (χ1v) is 13.0. The summed E-state index contributed by atoms with van der Waals surface area (Å²) in [6, 6.07) is 9.64. The Hall–Kier alpha value is -3.77. The van der Waals surface area contributed by atoms with Crippen molar-refractivity contribution in [1.29, 1.82) is 0 Å². The molecule has 0 spiro atoms. The Balaban J connectivity index is 1.21. The normalized spacial score (nSPS) is 21.6. The number of nitrogens with one attached hydrogen (secondary N) is 2. The van der Waals surface area contributed by atoms with E-state index in [1.54, 1.807) is 18.2 Å². The molecular weight excluding hydrogens is 528 g/mol. The highest BCUT2D eigenvalue weighted by atomic mass is 19.4. The molecule has 12 heteroatoms. The van der Waals surface area contributed by atoms with Crippen molar-refractivity contribution < 1.29 is 27.1 Å². The van der Waals surface area contributed by atoms with Crippen molar-refractivity contribution in [1.82, 2.24) is 20.2 Å². The number of fused-ring (bicyclic) bond motifs is 1. The van der Waals surface area contributed by atoms with Crippen molar-refractivity contribution in [3.05, 3.63) is 72.8 Å². The summed E-state index contributed by atoms with van der Waals surface area (Å²) >= 11 is 0. The van der Waals surface area contributed by atoms with Gasteiger partial charge in [-0.2, -0.15) is 13.2 Å². The Morgan fingerprint density at radius 1 is 1.12 bits per heavy atom. The zero-order valence-electron chi connectivity index (χ0n) is 21.7. The molecule has 2 unspecified atom stereocenters. The molecule has 0 bridgehead atoms. The van der Waals surface area contributed by atoms with Gasteiger partial charge in [-0.25, -0.2) is 14.4 Å². The SMILES string of the molecule is C=CCO[C@H]1CN(C2CCN(c3ccc(F)cc3)C2)CC1NC(=O)CNc1ncnc2ccc(C(F)(F)F)cc12. The number of carbonyl (C=O) groups is 1. The van der Waals surface area contributed by atoms with Crippen LogP contribution in [0.3, 0.4) is 0 Å². The van der Waals surface area contributed by atoms with Crippen LogP contribution >= 0.6 is 0 Å². The number of halogens is 4. The van der Waals surface area contributed by atoms with Crippen LogP contribution in [0.1, 0.15) is 12.0 Å². The molecule has 5 rings (SSSR count). The zero-order chi connectivity index (χ0) is 28.3. The summed E-state index contributed by atoms with van der Waals surface area (Å²) in [4.78, 5) is 25.5. The molecule has 0 saturated carbocycles. The minimum atomic E-state index is -4.51. The smallest absolute Gasteiger partial charge is 0.371 e. The monoisotopic (exact) mass is 558 g/mol. The van der Waals surface area contributed by atoms with E-state index < -0.39 is 11.7 Å². The summed E-state index contributed by atoms with van der Waals surface area (Å²) < 4.78 is 59.0. The van der Waals surface area contributed by atoms with Crippen LogP contribution in [0, 0.1) is 5.82 Å². The summed E-state index contributed by atoms with van der Waals surface area (Å²) in [5.74, 6) is -0.462. The number of carbonyl (C=O) groups excluding carboxylic acids is 1. The lowest BCUT2D eigenvalue weighted by Crippen LogP contribution is -2.46. The van der Waals surface area contributed by atoms with E-state index in [0.717, 1.165) is 37.3 Å². The highest BCUT2D eigenvalue weighted by Gasteiger charge is 2.39. The first kappa shape index (κ1) is 27.8. The number of hydrogen-bond acceptors (Lipinski definition) is 7. The largest absolute Gasteiger partial charge is 0.416 e. The van der Waals surface area contributed by atoms with E-state index in [4.69, 9.17) is 4.74 Å². The summed E-state index contributed by atoms with van der Waals surface area (Å²) in [5, 5.41) is 6.05. The number of alkyl halides is 3. The van der Waals surface area contributed by atoms with Gasteiger partial charge in [0.25, 0.3) is 0 Å². The number of anilines is 2. The minimum Gasteiger partial charge on any atom is -0.371 e. The molecule has 2 aliphatic heterocycles. The predicted octanol–water partition coefficient (Wildman–Crippen LogP) is 3.85. The molecule has 40 heavy (non-hydrogen) atoms. The van der Waals surface area contributed by atoms with Crippen molar-refractivity contribution in [2.24, 2.45) is 0 Å². The molecule has 0 radical (unpaired) electrons. The van der Waals surface area contributed by atoms with Gasteiger partial charge >= 0.3 is 6.18 Å². The van der Waals surface area contributed by atoms with E-state index in [2.05, 4.69) is 37.0 Å². The molecular formula is C28H30F4N6O2. The van der Waals surface area contributed by atoms with Gasteiger partial charge in [-0.3, -0.25) is 9.69 Å². The van der Waals surface area contributed by atoms with Gasteiger partial charge in [0.1, 0.15) is 18.0 Å². The molecule has 2 aliphatic rings. The third-order valence-corrected chi connectivity index (χ3v) is 7.32. The van der Waals surface area contributed by atoms with Gasteiger partial charge in [-0.05, 0) is 48.9 Å². The molecule has 1 aromatic heterocycles. The number of hydrogen-bond donors (Lipinski definition) is 2. The van der Waals surface area contributed by atoms with Crippen LogP contribution in [0.25, 0.3) is 10.9 Å². The Morgan fingerprint density at radius 2 is 1.93 bits per heavy atom. The highest BCUT2D eigenvalue weighted by Crippen LogP contribution is 2.32. The van der Waals surface area contributed by atoms with E-state index in [1.807, 2.05) is 0 Å². The number of aromatic nitrogens is 2. The molecule has 2 N–H and O–H groups in total. The number of benzene rings is 2. The predicted molar refractivity (Wildman–Crippen MR) is 143 cm³/mol. The third kappa shape index (κ3) is 6.34. The standard InChI is InChI=1S/C28H30F4N6O2/c1-2-11-40-25-16-38(21-9-10-37(14-21)20-6-4-19(29)5-7-20)15-24(25)36-26(39)13-33-27-22-12-18(28(30,31)32)3-8-23(22)34-17-35-27/h2-8,12,17,21,24-25H,1,9-11,13-16H2,(H,36,39)(H,33,34,35)/t21?,24?,25-/m0/s1. The number of ether oxygens (including phenoxy) is 1. The maximum atomic E-state index is 13.3. The van der Waals surface area contributed by atoms with E-state index in [1.165, 1.54) is 24.5 Å². The van der Waals surface area contributed by atoms with Gasteiger partial charge in [0, 0.05) is 43.3 Å². The molecule has 0 aliphatic carbocycles. The fourth-order valence-electron chi connectivity index (χ4n) is 5.32. The summed E-state index contributed by atoms with van der Waals surface area (Å²) in [5.41, 5.74) is 0.486. The number of nitrogens with zero attached hydrogens (tertiary/aromatic N) is 4. The Bertz CT molecular complexity index is 1350. The molecule has 1 amide bonds. The first-order chi connectivity index (χ1) is 19.2. The van der Waals surface area contributed by atoms with E-state index in [0.29, 0.717) is 25.2 Å². The second-order valence-electron chi connectivity index (χ2n) is 9.96. The molecule has 3 heterocycles. The van der Waals surface area contributed by atoms with Crippen molar-refractivity contribution in [3.8, 4) is 0 Å². The molecule has 3 atom stereocenters. The first-order valence-electron chi connectivity index (χ1n) is 13.0. The van der Waals surface area contributed by atoms with Crippen LogP contribution in [-0.4, -0.2) is 78.3 Å². The van der Waals surface area contributed by atoms with Gasteiger partial charge < -0.3 is 20.3 Å². The lowest BCUT2D eigenvalue weighted by Gasteiger charge is -2.25. The summed E-state index contributed by atoms with van der Waals surface area (Å²) in [6.45, 7) is 6.70. The van der Waals surface area contributed by atoms with Gasteiger partial charge in [-0.1, -0.05) is 6.08 Å². The zero-order valence-corrected chi connectivity index (χ0v) is 21.7. The molecule has 2 saturated heterocycles. The van der Waals surface area contributed by atoms with Crippen molar-refractivity contribution in [2.45, 2.75) is 30.8 Å². The Kier molecular flexibility index (Phi) is 8.17. The second-order valence-corrected chi connectivity index (χ2v) is 9.96. The van der Waals surface area contributed by atoms with Crippen molar-refractivity contribution in [2.75, 3.05) is 49.5 Å². The fourth-order valence-corrected chi connectivity index (χ4v) is 5.32. The lowest BCUT2D eigenvalue weighted by molar-refractivity contribution is -0.137. The maximum Gasteiger partial charge on any atom is 0.416 e. The van der Waals surface area contributed by atoms with Crippen LogP contribution in [0.15, 0.2) is 61.4 Å². The topological polar surface area (TPSA) is 82.6 Å². The van der Waals surface area contributed by atoms with Crippen molar-refractivity contribution in [3.63, 3.8) is 0 Å². The Morgan fingerprint density at radius 3 is 2.67 bits per heavy atom. The van der Waals surface area contributed by atoms with E-state index in [-0.39, 0.29) is 47.7 Å². The van der Waals surface area contributed by atoms with E-state index >= 15 is 0 Å². The average Bonchev–Trinajstić information content (AvgIpc) is 3.58. The quantitative estimate of drug-likeness (QED) is 0.305. The van der Waals surface area contributed by atoms with Gasteiger partial charge in [0.15, 0.2) is 0 Å². The number of likely N-dealkylation sites (tertiary alicyclic amines) is 1.